The predicted molar refractivity (Wildman–Crippen MR) is 108 cm³/mol. The molecule has 130 valence electrons. The number of hydrogen-bond acceptors (Lipinski definition) is 2. The molecular weight excluding hydrogens is 346 g/mol. The molecule has 0 radical (unpaired) electrons. The van der Waals surface area contributed by atoms with E-state index in [-0.39, 0.29) is 6.03 Å². The predicted octanol–water partition coefficient (Wildman–Crippen LogP) is 5.44. The Morgan fingerprint density at radius 1 is 0.885 bits per heavy atom. The van der Waals surface area contributed by atoms with Crippen LogP contribution in [0, 0.1) is 0 Å². The van der Waals surface area contributed by atoms with Gasteiger partial charge >= 0.3 is 6.03 Å². The molecule has 0 bridgehead atoms. The van der Waals surface area contributed by atoms with E-state index in [1.54, 1.807) is 41.4 Å². The van der Waals surface area contributed by atoms with Crippen molar-refractivity contribution >= 4 is 40.8 Å². The lowest BCUT2D eigenvalue weighted by atomic mass is 10.2. The molecule has 3 N–H and O–H groups in total. The highest BCUT2D eigenvalue weighted by molar-refractivity contribution is 6.30. The summed E-state index contributed by atoms with van der Waals surface area (Å²) in [6.07, 6.45) is 3.42. The van der Waals surface area contributed by atoms with Gasteiger partial charge in [0, 0.05) is 16.9 Å². The van der Waals surface area contributed by atoms with E-state index in [4.69, 9.17) is 17.3 Å². The van der Waals surface area contributed by atoms with Gasteiger partial charge in [-0.2, -0.15) is 0 Å². The van der Waals surface area contributed by atoms with Gasteiger partial charge in [0.05, 0.1) is 11.4 Å². The molecule has 3 aromatic rings. The maximum atomic E-state index is 12.8. The van der Waals surface area contributed by atoms with E-state index in [0.717, 1.165) is 16.9 Å². The highest BCUT2D eigenvalue weighted by atomic mass is 35.5. The first-order valence-electron chi connectivity index (χ1n) is 8.07. The van der Waals surface area contributed by atoms with E-state index in [0.29, 0.717) is 10.7 Å². The van der Waals surface area contributed by atoms with Gasteiger partial charge in [-0.25, -0.2) is 4.79 Å². The molecule has 0 aliphatic rings. The standard InChI is InChI=1S/C21H18ClN3O/c22-17-8-6-16(7-9-17)14-15-24-21(26)25(19-4-2-1-3-5-19)20-12-10-18(23)11-13-20/h1-15H,23H2,(H,24,26)/b15-14+. The second-order valence-electron chi connectivity index (χ2n) is 5.60. The van der Waals surface area contributed by atoms with Gasteiger partial charge in [0.1, 0.15) is 0 Å². The Bertz CT molecular complexity index is 891. The molecule has 3 aromatic carbocycles. The topological polar surface area (TPSA) is 58.4 Å². The van der Waals surface area contributed by atoms with Gasteiger partial charge in [-0.15, -0.1) is 0 Å². The smallest absolute Gasteiger partial charge is 0.330 e. The number of hydrogen-bond donors (Lipinski definition) is 2. The van der Waals surface area contributed by atoms with Crippen molar-refractivity contribution in [3.05, 3.63) is 95.6 Å². The number of amides is 2. The van der Waals surface area contributed by atoms with E-state index < -0.39 is 0 Å². The maximum absolute atomic E-state index is 12.8. The average Bonchev–Trinajstić information content (AvgIpc) is 2.66. The summed E-state index contributed by atoms with van der Waals surface area (Å²) in [4.78, 5) is 14.4. The van der Waals surface area contributed by atoms with Gasteiger partial charge in [0.25, 0.3) is 0 Å². The van der Waals surface area contributed by atoms with E-state index in [1.807, 2.05) is 54.6 Å². The number of halogens is 1. The number of benzene rings is 3. The van der Waals surface area contributed by atoms with Crippen molar-refractivity contribution in [2.24, 2.45) is 0 Å². The molecule has 3 rings (SSSR count). The van der Waals surface area contributed by atoms with Gasteiger partial charge in [-0.05, 0) is 60.2 Å². The number of para-hydroxylation sites is 1. The van der Waals surface area contributed by atoms with Crippen molar-refractivity contribution in [2.75, 3.05) is 10.6 Å². The summed E-state index contributed by atoms with van der Waals surface area (Å²) < 4.78 is 0. The molecule has 0 aliphatic carbocycles. The molecule has 0 fully saturated rings. The van der Waals surface area contributed by atoms with E-state index >= 15 is 0 Å². The molecule has 0 spiro atoms. The summed E-state index contributed by atoms with van der Waals surface area (Å²) in [7, 11) is 0. The van der Waals surface area contributed by atoms with Crippen LogP contribution in [0.2, 0.25) is 5.02 Å². The Balaban J connectivity index is 1.81. The molecular formula is C21H18ClN3O. The van der Waals surface area contributed by atoms with Crippen molar-refractivity contribution in [3.8, 4) is 0 Å². The lowest BCUT2D eigenvalue weighted by molar-refractivity contribution is 0.251. The zero-order valence-electron chi connectivity index (χ0n) is 14.0. The van der Waals surface area contributed by atoms with Crippen molar-refractivity contribution < 1.29 is 4.79 Å². The van der Waals surface area contributed by atoms with Crippen LogP contribution < -0.4 is 16.0 Å². The summed E-state index contributed by atoms with van der Waals surface area (Å²) in [5.74, 6) is 0. The number of anilines is 3. The second kappa shape index (κ2) is 8.23. The minimum atomic E-state index is -0.272. The van der Waals surface area contributed by atoms with E-state index in [1.165, 1.54) is 0 Å². The Morgan fingerprint density at radius 2 is 1.50 bits per heavy atom. The third-order valence-corrected chi connectivity index (χ3v) is 3.97. The lowest BCUT2D eigenvalue weighted by Crippen LogP contribution is -2.33. The molecule has 0 heterocycles. The Morgan fingerprint density at radius 3 is 2.15 bits per heavy atom. The molecule has 26 heavy (non-hydrogen) atoms. The molecule has 0 saturated heterocycles. The van der Waals surface area contributed by atoms with E-state index in [9.17, 15) is 4.79 Å². The quantitative estimate of drug-likeness (QED) is 0.606. The summed E-state index contributed by atoms with van der Waals surface area (Å²) >= 11 is 5.88. The average molecular weight is 364 g/mol. The largest absolute Gasteiger partial charge is 0.399 e. The van der Waals surface area contributed by atoms with Crippen LogP contribution in [0.4, 0.5) is 21.9 Å². The van der Waals surface area contributed by atoms with Gasteiger partial charge < -0.3 is 11.1 Å². The first kappa shape index (κ1) is 17.6. The fraction of sp³-hybridized carbons (Fsp3) is 0. The molecule has 0 atom stereocenters. The summed E-state index contributed by atoms with van der Waals surface area (Å²) in [6, 6.07) is 23.7. The molecule has 0 unspecified atom stereocenters. The van der Waals surface area contributed by atoms with Crippen LogP contribution in [0.1, 0.15) is 5.56 Å². The molecule has 4 nitrogen and oxygen atoms in total. The number of rotatable bonds is 4. The highest BCUT2D eigenvalue weighted by Gasteiger charge is 2.16. The molecule has 0 aliphatic heterocycles. The Labute approximate surface area is 157 Å². The Hall–Kier alpha value is -3.24. The van der Waals surface area contributed by atoms with Gasteiger partial charge in [-0.3, -0.25) is 4.90 Å². The maximum Gasteiger partial charge on any atom is 0.330 e. The van der Waals surface area contributed by atoms with Crippen molar-refractivity contribution in [3.63, 3.8) is 0 Å². The highest BCUT2D eigenvalue weighted by Crippen LogP contribution is 2.26. The summed E-state index contributed by atoms with van der Waals surface area (Å²) in [5, 5.41) is 3.47. The number of nitrogens with two attached hydrogens (primary N) is 1. The van der Waals surface area contributed by atoms with Crippen LogP contribution in [0.3, 0.4) is 0 Å². The van der Waals surface area contributed by atoms with Gasteiger partial charge in [0.2, 0.25) is 0 Å². The minimum absolute atomic E-state index is 0.272. The van der Waals surface area contributed by atoms with Crippen molar-refractivity contribution in [1.82, 2.24) is 5.32 Å². The van der Waals surface area contributed by atoms with Crippen molar-refractivity contribution in [2.45, 2.75) is 0 Å². The normalized spacial score (nSPS) is 10.7. The number of urea groups is 1. The fourth-order valence-corrected chi connectivity index (χ4v) is 2.56. The van der Waals surface area contributed by atoms with Crippen LogP contribution in [-0.2, 0) is 0 Å². The van der Waals surface area contributed by atoms with Crippen LogP contribution in [0.25, 0.3) is 6.08 Å². The first-order chi connectivity index (χ1) is 12.6. The van der Waals surface area contributed by atoms with Crippen LogP contribution in [0.5, 0.6) is 0 Å². The van der Waals surface area contributed by atoms with Crippen LogP contribution >= 0.6 is 11.6 Å². The van der Waals surface area contributed by atoms with Crippen LogP contribution in [0.15, 0.2) is 85.1 Å². The number of carbonyl (C=O) groups is 1. The summed E-state index contributed by atoms with van der Waals surface area (Å²) in [5.41, 5.74) is 8.82. The number of carbonyl (C=O) groups excluding carboxylic acids is 1. The first-order valence-corrected chi connectivity index (χ1v) is 8.44. The fourth-order valence-electron chi connectivity index (χ4n) is 2.43. The molecule has 0 aromatic heterocycles. The number of nitrogens with one attached hydrogen (secondary N) is 1. The molecule has 0 saturated carbocycles. The zero-order chi connectivity index (χ0) is 18.4. The monoisotopic (exact) mass is 363 g/mol. The molecule has 2 amide bonds. The van der Waals surface area contributed by atoms with Gasteiger partial charge in [0.15, 0.2) is 0 Å². The Kier molecular flexibility index (Phi) is 5.56. The van der Waals surface area contributed by atoms with Crippen LogP contribution in [-0.4, -0.2) is 6.03 Å². The van der Waals surface area contributed by atoms with E-state index in [2.05, 4.69) is 5.32 Å². The van der Waals surface area contributed by atoms with Gasteiger partial charge in [-0.1, -0.05) is 41.9 Å². The zero-order valence-corrected chi connectivity index (χ0v) is 14.7. The second-order valence-corrected chi connectivity index (χ2v) is 6.03. The SMILES string of the molecule is Nc1ccc(N(C(=O)N/C=C/c2ccc(Cl)cc2)c2ccccc2)cc1. The minimum Gasteiger partial charge on any atom is -0.399 e. The lowest BCUT2D eigenvalue weighted by Gasteiger charge is -2.22. The number of nitrogen functional groups attached to an aromatic ring is 1. The summed E-state index contributed by atoms with van der Waals surface area (Å²) in [6.45, 7) is 0. The van der Waals surface area contributed by atoms with Crippen molar-refractivity contribution in [1.29, 1.82) is 0 Å². The third-order valence-electron chi connectivity index (χ3n) is 3.72. The molecule has 5 heteroatoms. The third kappa shape index (κ3) is 4.43. The number of nitrogens with zero attached hydrogens (tertiary/aromatic N) is 1.